The highest BCUT2D eigenvalue weighted by molar-refractivity contribution is 5.91. The average Bonchev–Trinajstić information content (AvgIpc) is 2.98. The molecule has 1 saturated carbocycles. The van der Waals surface area contributed by atoms with Crippen LogP contribution < -0.4 is 10.2 Å². The molecule has 1 aromatic heterocycles. The Kier molecular flexibility index (Phi) is 4.71. The van der Waals surface area contributed by atoms with Gasteiger partial charge < -0.3 is 15.1 Å². The zero-order chi connectivity index (χ0) is 17.4. The first-order chi connectivity index (χ1) is 11.3. The number of aryl methyl sites for hydroxylation is 1. The number of halogens is 1. The molecule has 0 bridgehead atoms. The van der Waals surface area contributed by atoms with E-state index in [2.05, 4.69) is 39.2 Å². The van der Waals surface area contributed by atoms with Gasteiger partial charge in [0, 0.05) is 36.4 Å². The summed E-state index contributed by atoms with van der Waals surface area (Å²) in [6.45, 7) is 5.72. The lowest BCUT2D eigenvalue weighted by Gasteiger charge is -2.30. The SMILES string of the molecule is Cc1nc(C(=O)NC2CC(F)C2)nc(N2CC[C@@H](N(C)C)C2)c1C. The number of nitrogens with zero attached hydrogens (tertiary/aromatic N) is 4. The third-order valence-electron chi connectivity index (χ3n) is 5.18. The van der Waals surface area contributed by atoms with E-state index < -0.39 is 6.17 Å². The number of rotatable bonds is 4. The molecule has 132 valence electrons. The van der Waals surface area contributed by atoms with Crippen LogP contribution in [0.4, 0.5) is 10.2 Å². The van der Waals surface area contributed by atoms with Crippen LogP contribution in [0.15, 0.2) is 0 Å². The Morgan fingerprint density at radius 3 is 2.58 bits per heavy atom. The van der Waals surface area contributed by atoms with Crippen molar-refractivity contribution in [1.82, 2.24) is 20.2 Å². The molecular weight excluding hydrogens is 309 g/mol. The van der Waals surface area contributed by atoms with Gasteiger partial charge in [0.1, 0.15) is 12.0 Å². The van der Waals surface area contributed by atoms with Crippen LogP contribution >= 0.6 is 0 Å². The smallest absolute Gasteiger partial charge is 0.289 e. The lowest BCUT2D eigenvalue weighted by Crippen LogP contribution is -2.45. The Bertz CT molecular complexity index is 630. The number of likely N-dealkylation sites (N-methyl/N-ethyl adjacent to an activating group) is 1. The standard InChI is InChI=1S/C17H26FN5O/c1-10-11(2)19-15(17(24)20-13-7-12(18)8-13)21-16(10)23-6-5-14(9-23)22(3)4/h12-14H,5-9H2,1-4H3,(H,20,24)/t12?,13?,14-/m1/s1. The van der Waals surface area contributed by atoms with E-state index in [4.69, 9.17) is 0 Å². The molecule has 0 radical (unpaired) electrons. The molecule has 1 aliphatic carbocycles. The number of amides is 1. The maximum absolute atomic E-state index is 12.9. The maximum atomic E-state index is 12.9. The van der Waals surface area contributed by atoms with Crippen LogP contribution in [0.1, 0.15) is 41.1 Å². The van der Waals surface area contributed by atoms with Gasteiger partial charge in [0.25, 0.3) is 5.91 Å². The van der Waals surface area contributed by atoms with Crippen LogP contribution in [0.5, 0.6) is 0 Å². The van der Waals surface area contributed by atoms with E-state index in [-0.39, 0.29) is 17.8 Å². The molecule has 0 aromatic carbocycles. The van der Waals surface area contributed by atoms with Gasteiger partial charge in [-0.05, 0) is 47.2 Å². The van der Waals surface area contributed by atoms with Gasteiger partial charge in [-0.15, -0.1) is 0 Å². The zero-order valence-corrected chi connectivity index (χ0v) is 14.8. The van der Waals surface area contributed by atoms with Gasteiger partial charge in [-0.3, -0.25) is 4.79 Å². The molecule has 1 amide bonds. The Labute approximate surface area is 142 Å². The summed E-state index contributed by atoms with van der Waals surface area (Å²) in [5, 5.41) is 2.82. The van der Waals surface area contributed by atoms with Crippen molar-refractivity contribution in [2.24, 2.45) is 0 Å². The van der Waals surface area contributed by atoms with Gasteiger partial charge in [-0.2, -0.15) is 0 Å². The second kappa shape index (κ2) is 6.63. The fraction of sp³-hybridized carbons (Fsp3) is 0.706. The Hall–Kier alpha value is -1.76. The number of carbonyl (C=O) groups is 1. The van der Waals surface area contributed by atoms with Gasteiger partial charge in [-0.1, -0.05) is 0 Å². The highest BCUT2D eigenvalue weighted by atomic mass is 19.1. The molecule has 1 saturated heterocycles. The minimum Gasteiger partial charge on any atom is -0.355 e. The molecule has 1 N–H and O–H groups in total. The van der Waals surface area contributed by atoms with E-state index >= 15 is 0 Å². The van der Waals surface area contributed by atoms with Crippen LogP contribution in [0.3, 0.4) is 0 Å². The normalized spacial score (nSPS) is 26.6. The van der Waals surface area contributed by atoms with Crippen LogP contribution in [0.25, 0.3) is 0 Å². The van der Waals surface area contributed by atoms with Crippen LogP contribution in [0, 0.1) is 13.8 Å². The summed E-state index contributed by atoms with van der Waals surface area (Å²) in [4.78, 5) is 25.7. The number of nitrogens with one attached hydrogen (secondary N) is 1. The summed E-state index contributed by atoms with van der Waals surface area (Å²) >= 11 is 0. The van der Waals surface area contributed by atoms with Crippen molar-refractivity contribution in [2.75, 3.05) is 32.1 Å². The molecule has 1 atom stereocenters. The number of hydrogen-bond acceptors (Lipinski definition) is 5. The maximum Gasteiger partial charge on any atom is 0.289 e. The number of hydrogen-bond donors (Lipinski definition) is 1. The molecular formula is C17H26FN5O. The van der Waals surface area contributed by atoms with Gasteiger partial charge in [0.05, 0.1) is 0 Å². The topological polar surface area (TPSA) is 61.4 Å². The summed E-state index contributed by atoms with van der Waals surface area (Å²) < 4.78 is 12.9. The van der Waals surface area contributed by atoms with Gasteiger partial charge >= 0.3 is 0 Å². The van der Waals surface area contributed by atoms with Gasteiger partial charge in [0.2, 0.25) is 5.82 Å². The lowest BCUT2D eigenvalue weighted by molar-refractivity contribution is 0.0849. The third kappa shape index (κ3) is 3.36. The molecule has 7 heteroatoms. The first-order valence-electron chi connectivity index (χ1n) is 8.56. The van der Waals surface area contributed by atoms with E-state index in [0.717, 1.165) is 36.6 Å². The van der Waals surface area contributed by atoms with E-state index in [0.29, 0.717) is 18.9 Å². The summed E-state index contributed by atoms with van der Waals surface area (Å²) in [7, 11) is 4.17. The number of aromatic nitrogens is 2. The van der Waals surface area contributed by atoms with Gasteiger partial charge in [-0.25, -0.2) is 14.4 Å². The fourth-order valence-corrected chi connectivity index (χ4v) is 3.30. The summed E-state index contributed by atoms with van der Waals surface area (Å²) in [5.74, 6) is 0.720. The number of carbonyl (C=O) groups excluding carboxylic acids is 1. The fourth-order valence-electron chi connectivity index (χ4n) is 3.30. The van der Waals surface area contributed by atoms with Crippen LogP contribution in [0.2, 0.25) is 0 Å². The Balaban J connectivity index is 1.77. The Morgan fingerprint density at radius 1 is 1.29 bits per heavy atom. The van der Waals surface area contributed by atoms with Crippen LogP contribution in [-0.4, -0.2) is 66.2 Å². The highest BCUT2D eigenvalue weighted by Crippen LogP contribution is 2.26. The molecule has 2 fully saturated rings. The molecule has 2 heterocycles. The van der Waals surface area contributed by atoms with E-state index in [1.807, 2.05) is 13.8 Å². The van der Waals surface area contributed by atoms with Crippen molar-refractivity contribution in [1.29, 1.82) is 0 Å². The third-order valence-corrected chi connectivity index (χ3v) is 5.18. The van der Waals surface area contributed by atoms with Crippen molar-refractivity contribution in [3.05, 3.63) is 17.1 Å². The monoisotopic (exact) mass is 335 g/mol. The quantitative estimate of drug-likeness (QED) is 0.903. The lowest BCUT2D eigenvalue weighted by atomic mass is 9.91. The van der Waals surface area contributed by atoms with Crippen molar-refractivity contribution in [2.45, 2.75) is 51.4 Å². The molecule has 1 aliphatic heterocycles. The summed E-state index contributed by atoms with van der Waals surface area (Å²) in [6, 6.07) is 0.402. The average molecular weight is 335 g/mol. The molecule has 2 aliphatic rings. The van der Waals surface area contributed by atoms with Crippen molar-refractivity contribution < 1.29 is 9.18 Å². The Morgan fingerprint density at radius 2 is 2.00 bits per heavy atom. The predicted molar refractivity (Wildman–Crippen MR) is 91.2 cm³/mol. The van der Waals surface area contributed by atoms with Crippen LogP contribution in [-0.2, 0) is 0 Å². The van der Waals surface area contributed by atoms with E-state index in [1.54, 1.807) is 0 Å². The van der Waals surface area contributed by atoms with Crippen molar-refractivity contribution in [3.8, 4) is 0 Å². The van der Waals surface area contributed by atoms with Gasteiger partial charge in [0.15, 0.2) is 0 Å². The molecule has 0 spiro atoms. The zero-order valence-electron chi connectivity index (χ0n) is 14.8. The largest absolute Gasteiger partial charge is 0.355 e. The second-order valence-electron chi connectivity index (χ2n) is 7.17. The molecule has 24 heavy (non-hydrogen) atoms. The van der Waals surface area contributed by atoms with E-state index in [1.165, 1.54) is 0 Å². The predicted octanol–water partition coefficient (Wildman–Crippen LogP) is 1.46. The number of anilines is 1. The minimum absolute atomic E-state index is 0.0916. The summed E-state index contributed by atoms with van der Waals surface area (Å²) in [5.41, 5.74) is 1.83. The second-order valence-corrected chi connectivity index (χ2v) is 7.17. The van der Waals surface area contributed by atoms with E-state index in [9.17, 15) is 9.18 Å². The summed E-state index contributed by atoms with van der Waals surface area (Å²) in [6.07, 6.45) is 1.07. The molecule has 6 nitrogen and oxygen atoms in total. The first-order valence-corrected chi connectivity index (χ1v) is 8.56. The molecule has 3 rings (SSSR count). The van der Waals surface area contributed by atoms with Crippen molar-refractivity contribution >= 4 is 11.7 Å². The minimum atomic E-state index is -0.792. The van der Waals surface area contributed by atoms with Crippen molar-refractivity contribution in [3.63, 3.8) is 0 Å². The molecule has 0 unspecified atom stereocenters. The highest BCUT2D eigenvalue weighted by Gasteiger charge is 2.32. The number of alkyl halides is 1. The first kappa shape index (κ1) is 17.1. The molecule has 1 aromatic rings.